The van der Waals surface area contributed by atoms with Crippen molar-refractivity contribution in [3.05, 3.63) is 65.2 Å². The van der Waals surface area contributed by atoms with Crippen LogP contribution in [0.5, 0.6) is 0 Å². The fourth-order valence-electron chi connectivity index (χ4n) is 2.57. The van der Waals surface area contributed by atoms with E-state index in [0.717, 1.165) is 5.56 Å². The Bertz CT molecular complexity index is 860. The van der Waals surface area contributed by atoms with Gasteiger partial charge >= 0.3 is 0 Å². The number of H-pyrrole nitrogens is 1. The van der Waals surface area contributed by atoms with Gasteiger partial charge in [-0.2, -0.15) is 0 Å². The number of methoxy groups -OCH3 is 1. The van der Waals surface area contributed by atoms with Gasteiger partial charge in [-0.25, -0.2) is 9.37 Å². The molecule has 1 aromatic heterocycles. The van der Waals surface area contributed by atoms with E-state index >= 15 is 0 Å². The van der Waals surface area contributed by atoms with Crippen molar-refractivity contribution in [3.63, 3.8) is 0 Å². The number of hydrogen-bond acceptors (Lipinski definition) is 3. The summed E-state index contributed by atoms with van der Waals surface area (Å²) in [6.45, 7) is 0.821. The Morgan fingerprint density at radius 2 is 2.12 bits per heavy atom. The first-order valence-electron chi connectivity index (χ1n) is 7.66. The number of carbonyl (C=O) groups excluding carboxylic acids is 1. The Hall–Kier alpha value is -2.73. The number of nitrogens with one attached hydrogen (secondary N) is 2. The molecule has 24 heavy (non-hydrogen) atoms. The molecule has 0 aliphatic carbocycles. The number of aromatic amines is 1. The molecule has 6 heteroatoms. The second kappa shape index (κ2) is 7.23. The first kappa shape index (κ1) is 16.1. The predicted octanol–water partition coefficient (Wildman–Crippen LogP) is 2.82. The van der Waals surface area contributed by atoms with E-state index in [9.17, 15) is 9.18 Å². The van der Waals surface area contributed by atoms with Crippen LogP contribution < -0.4 is 5.32 Å². The number of hydrogen-bond donors (Lipinski definition) is 2. The summed E-state index contributed by atoms with van der Waals surface area (Å²) in [6, 6.07) is 11.7. The van der Waals surface area contributed by atoms with Crippen LogP contribution in [0.4, 0.5) is 4.39 Å². The molecule has 2 N–H and O–H groups in total. The molecule has 5 nitrogen and oxygen atoms in total. The van der Waals surface area contributed by atoms with Crippen LogP contribution in [0.1, 0.15) is 21.7 Å². The number of benzene rings is 2. The largest absolute Gasteiger partial charge is 0.380 e. The summed E-state index contributed by atoms with van der Waals surface area (Å²) in [5, 5.41) is 2.87. The molecule has 1 heterocycles. The molecule has 0 bridgehead atoms. The van der Waals surface area contributed by atoms with E-state index in [1.807, 2.05) is 18.2 Å². The van der Waals surface area contributed by atoms with E-state index in [0.29, 0.717) is 42.0 Å². The van der Waals surface area contributed by atoms with Crippen molar-refractivity contribution >= 4 is 16.9 Å². The molecule has 0 aliphatic heterocycles. The Morgan fingerprint density at radius 3 is 2.96 bits per heavy atom. The minimum Gasteiger partial charge on any atom is -0.380 e. The smallest absolute Gasteiger partial charge is 0.251 e. The number of halogens is 1. The Balaban J connectivity index is 1.62. The van der Waals surface area contributed by atoms with E-state index in [1.54, 1.807) is 19.2 Å². The molecule has 124 valence electrons. The molecule has 3 rings (SSSR count). The zero-order valence-electron chi connectivity index (χ0n) is 13.3. The van der Waals surface area contributed by atoms with Crippen molar-refractivity contribution in [2.45, 2.75) is 13.0 Å². The summed E-state index contributed by atoms with van der Waals surface area (Å²) in [6.07, 6.45) is 0.536. The summed E-state index contributed by atoms with van der Waals surface area (Å²) in [5.74, 6) is 0.256. The molecular formula is C18H18FN3O2. The average molecular weight is 327 g/mol. The van der Waals surface area contributed by atoms with E-state index in [2.05, 4.69) is 15.3 Å². The van der Waals surface area contributed by atoms with E-state index in [1.165, 1.54) is 12.1 Å². The van der Waals surface area contributed by atoms with Crippen molar-refractivity contribution in [3.8, 4) is 0 Å². The van der Waals surface area contributed by atoms with Crippen LogP contribution in [0.15, 0.2) is 42.5 Å². The zero-order valence-corrected chi connectivity index (χ0v) is 13.3. The Kier molecular flexibility index (Phi) is 4.86. The molecular weight excluding hydrogens is 309 g/mol. The Labute approximate surface area is 138 Å². The summed E-state index contributed by atoms with van der Waals surface area (Å²) in [4.78, 5) is 19.7. The van der Waals surface area contributed by atoms with Crippen LogP contribution in [-0.2, 0) is 17.8 Å². The number of fused-ring (bicyclic) bond motifs is 1. The van der Waals surface area contributed by atoms with Crippen LogP contribution in [0.2, 0.25) is 0 Å². The molecule has 0 saturated carbocycles. The summed E-state index contributed by atoms with van der Waals surface area (Å²) in [5.41, 5.74) is 2.81. The summed E-state index contributed by atoms with van der Waals surface area (Å²) in [7, 11) is 1.60. The van der Waals surface area contributed by atoms with Crippen LogP contribution in [0.3, 0.4) is 0 Å². The number of carbonyl (C=O) groups is 1. The second-order valence-electron chi connectivity index (χ2n) is 5.44. The molecule has 0 unspecified atom stereocenters. The molecule has 0 spiro atoms. The molecule has 3 aromatic rings. The van der Waals surface area contributed by atoms with E-state index in [4.69, 9.17) is 4.74 Å². The summed E-state index contributed by atoms with van der Waals surface area (Å²) < 4.78 is 18.3. The molecule has 0 radical (unpaired) electrons. The molecule has 1 amide bonds. The zero-order chi connectivity index (χ0) is 16.9. The van der Waals surface area contributed by atoms with Gasteiger partial charge in [-0.05, 0) is 29.8 Å². The van der Waals surface area contributed by atoms with Crippen molar-refractivity contribution in [1.82, 2.24) is 15.3 Å². The molecule has 0 atom stereocenters. The van der Waals surface area contributed by atoms with Crippen molar-refractivity contribution in [2.75, 3.05) is 13.7 Å². The lowest BCUT2D eigenvalue weighted by Crippen LogP contribution is -2.27. The highest BCUT2D eigenvalue weighted by molar-refractivity contribution is 5.95. The number of imidazole rings is 1. The topological polar surface area (TPSA) is 67.0 Å². The SMILES string of the molecule is COCc1ccccc1C(=O)NCCc1nc2ccc(F)cc2[nH]1. The van der Waals surface area contributed by atoms with Gasteiger partial charge < -0.3 is 15.0 Å². The second-order valence-corrected chi connectivity index (χ2v) is 5.44. The lowest BCUT2D eigenvalue weighted by atomic mass is 10.1. The fraction of sp³-hybridized carbons (Fsp3) is 0.222. The predicted molar refractivity (Wildman–Crippen MR) is 89.2 cm³/mol. The standard InChI is InChI=1S/C18H18FN3O2/c1-24-11-12-4-2-3-5-14(12)18(23)20-9-8-17-21-15-7-6-13(19)10-16(15)22-17/h2-7,10H,8-9,11H2,1H3,(H,20,23)(H,21,22). The number of aromatic nitrogens is 2. The highest BCUT2D eigenvalue weighted by Crippen LogP contribution is 2.13. The van der Waals surface area contributed by atoms with Gasteiger partial charge in [0.25, 0.3) is 5.91 Å². The molecule has 0 saturated heterocycles. The van der Waals surface area contributed by atoms with Crippen LogP contribution >= 0.6 is 0 Å². The lowest BCUT2D eigenvalue weighted by Gasteiger charge is -2.09. The van der Waals surface area contributed by atoms with Gasteiger partial charge in [0.1, 0.15) is 11.6 Å². The van der Waals surface area contributed by atoms with Crippen molar-refractivity contribution in [2.24, 2.45) is 0 Å². The maximum atomic E-state index is 13.2. The van der Waals surface area contributed by atoms with Gasteiger partial charge in [-0.1, -0.05) is 18.2 Å². The third kappa shape index (κ3) is 3.60. The molecule has 0 aliphatic rings. The van der Waals surface area contributed by atoms with Gasteiger partial charge in [0.15, 0.2) is 0 Å². The normalized spacial score (nSPS) is 10.9. The van der Waals surface area contributed by atoms with Gasteiger partial charge in [-0.3, -0.25) is 4.79 Å². The van der Waals surface area contributed by atoms with Gasteiger partial charge in [0, 0.05) is 25.6 Å². The first-order valence-corrected chi connectivity index (χ1v) is 7.66. The highest BCUT2D eigenvalue weighted by Gasteiger charge is 2.10. The van der Waals surface area contributed by atoms with Gasteiger partial charge in [-0.15, -0.1) is 0 Å². The van der Waals surface area contributed by atoms with Gasteiger partial charge in [0.05, 0.1) is 17.6 Å². The number of amides is 1. The van der Waals surface area contributed by atoms with Crippen LogP contribution in [0, 0.1) is 5.82 Å². The number of ether oxygens (including phenoxy) is 1. The third-order valence-corrected chi connectivity index (χ3v) is 3.70. The minimum absolute atomic E-state index is 0.148. The Morgan fingerprint density at radius 1 is 1.29 bits per heavy atom. The van der Waals surface area contributed by atoms with Crippen LogP contribution in [0.25, 0.3) is 11.0 Å². The molecule has 0 fully saturated rings. The van der Waals surface area contributed by atoms with Crippen LogP contribution in [-0.4, -0.2) is 29.5 Å². The van der Waals surface area contributed by atoms with E-state index in [-0.39, 0.29) is 11.7 Å². The number of rotatable bonds is 6. The third-order valence-electron chi connectivity index (χ3n) is 3.70. The maximum absolute atomic E-state index is 13.2. The highest BCUT2D eigenvalue weighted by atomic mass is 19.1. The van der Waals surface area contributed by atoms with Gasteiger partial charge in [0.2, 0.25) is 0 Å². The lowest BCUT2D eigenvalue weighted by molar-refractivity contribution is 0.0949. The van der Waals surface area contributed by atoms with E-state index < -0.39 is 0 Å². The quantitative estimate of drug-likeness (QED) is 0.731. The average Bonchev–Trinajstić information content (AvgIpc) is 2.97. The first-order chi connectivity index (χ1) is 11.7. The monoisotopic (exact) mass is 327 g/mol. The maximum Gasteiger partial charge on any atom is 0.251 e. The number of nitrogens with zero attached hydrogens (tertiary/aromatic N) is 1. The summed E-state index contributed by atoms with van der Waals surface area (Å²) >= 11 is 0. The van der Waals surface area contributed by atoms with Crippen molar-refractivity contribution in [1.29, 1.82) is 0 Å². The minimum atomic E-state index is -0.305. The molecule has 2 aromatic carbocycles. The fourth-order valence-corrected chi connectivity index (χ4v) is 2.57. The van der Waals surface area contributed by atoms with Crippen molar-refractivity contribution < 1.29 is 13.9 Å².